The van der Waals surface area contributed by atoms with Crippen LogP contribution in [0, 0.1) is 16.7 Å². The van der Waals surface area contributed by atoms with Gasteiger partial charge in [0.05, 0.1) is 0 Å². The van der Waals surface area contributed by atoms with Crippen LogP contribution in [0.25, 0.3) is 0 Å². The number of rotatable bonds is 1. The first-order valence-electron chi connectivity index (χ1n) is 4.97. The predicted octanol–water partition coefficient (Wildman–Crippen LogP) is -0.916. The summed E-state index contributed by atoms with van der Waals surface area (Å²) in [6, 6.07) is 0. The van der Waals surface area contributed by atoms with Crippen molar-refractivity contribution < 1.29 is 38.3 Å². The van der Waals surface area contributed by atoms with Crippen LogP contribution in [0.1, 0.15) is 40.0 Å². The third kappa shape index (κ3) is 1.47. The maximum atomic E-state index is 11.1. The zero-order valence-electron chi connectivity index (χ0n) is 9.50. The van der Waals surface area contributed by atoms with Crippen molar-refractivity contribution in [3.63, 3.8) is 0 Å². The normalized spacial score (nSPS) is 46.0. The minimum Gasteiger partial charge on any atom is -0.772 e. The Labute approximate surface area is 111 Å². The Balaban J connectivity index is 0.000000980. The molecule has 0 N–H and O–H groups in total. The molecular weight excluding hydrogens is 207 g/mol. The second-order valence-electron chi connectivity index (χ2n) is 5.36. The Morgan fingerprint density at radius 2 is 1.93 bits per heavy atom. The molecule has 2 rings (SSSR count). The fraction of sp³-hybridized carbons (Fsp3) is 1.00. The van der Waals surface area contributed by atoms with Gasteiger partial charge in [-0.2, -0.15) is 0 Å². The molecule has 0 radical (unpaired) electrons. The molecule has 4 heteroatoms. The smallest absolute Gasteiger partial charge is 0.772 e. The summed E-state index contributed by atoms with van der Waals surface area (Å²) in [6.07, 6.45) is 3.19. The van der Waals surface area contributed by atoms with Gasteiger partial charge in [-0.1, -0.05) is 31.9 Å². The molecule has 4 atom stereocenters. The molecule has 2 aliphatic rings. The minimum atomic E-state index is -1.88. The molecule has 0 aromatic heterocycles. The Kier molecular flexibility index (Phi) is 3.62. The maximum absolute atomic E-state index is 11.1. The van der Waals surface area contributed by atoms with Crippen LogP contribution in [-0.4, -0.2) is 14.0 Å². The van der Waals surface area contributed by atoms with E-state index in [0.29, 0.717) is 5.92 Å². The number of hydrogen-bond acceptors (Lipinski definition) is 2. The van der Waals surface area contributed by atoms with Gasteiger partial charge in [0.25, 0.3) is 0 Å². The van der Waals surface area contributed by atoms with Crippen LogP contribution in [0.2, 0.25) is 0 Å². The van der Waals surface area contributed by atoms with Gasteiger partial charge >= 0.3 is 29.6 Å². The molecule has 2 nitrogen and oxygen atoms in total. The van der Waals surface area contributed by atoms with Crippen molar-refractivity contribution in [1.29, 1.82) is 0 Å². The molecule has 1 unspecified atom stereocenters. The first-order valence-corrected chi connectivity index (χ1v) is 6.11. The monoisotopic (exact) mass is 224 g/mol. The number of hydrogen-bond donors (Lipinski definition) is 0. The molecule has 0 amide bonds. The van der Waals surface area contributed by atoms with E-state index in [2.05, 4.69) is 20.8 Å². The quantitative estimate of drug-likeness (QED) is 0.427. The summed E-state index contributed by atoms with van der Waals surface area (Å²) in [4.78, 5) is 0. The maximum Gasteiger partial charge on any atom is 1.00 e. The molecule has 14 heavy (non-hydrogen) atoms. The summed E-state index contributed by atoms with van der Waals surface area (Å²) in [6.45, 7) is 6.62. The van der Waals surface area contributed by atoms with Crippen molar-refractivity contribution in [3.05, 3.63) is 0 Å². The first-order chi connectivity index (χ1) is 5.89. The van der Waals surface area contributed by atoms with E-state index in [4.69, 9.17) is 0 Å². The van der Waals surface area contributed by atoms with E-state index in [1.807, 2.05) is 0 Å². The van der Waals surface area contributed by atoms with Crippen LogP contribution in [0.15, 0.2) is 0 Å². The van der Waals surface area contributed by atoms with E-state index in [1.54, 1.807) is 0 Å². The van der Waals surface area contributed by atoms with Crippen LogP contribution >= 0.6 is 0 Å². The Hall–Kier alpha value is 1.11. The third-order valence-corrected chi connectivity index (χ3v) is 6.12. The van der Waals surface area contributed by atoms with Gasteiger partial charge in [-0.25, -0.2) is 0 Å². The van der Waals surface area contributed by atoms with Crippen molar-refractivity contribution >= 4 is 11.1 Å². The zero-order valence-corrected chi connectivity index (χ0v) is 12.3. The fourth-order valence-electron chi connectivity index (χ4n) is 3.42. The first kappa shape index (κ1) is 13.2. The van der Waals surface area contributed by atoms with E-state index in [1.165, 1.54) is 6.42 Å². The van der Waals surface area contributed by atoms with Gasteiger partial charge in [0.1, 0.15) is 0 Å². The van der Waals surface area contributed by atoms with Gasteiger partial charge in [0.15, 0.2) is 0 Å². The molecule has 76 valence electrons. The van der Waals surface area contributed by atoms with Crippen molar-refractivity contribution in [2.24, 2.45) is 16.7 Å². The molecule has 2 fully saturated rings. The second-order valence-corrected chi connectivity index (χ2v) is 6.45. The van der Waals surface area contributed by atoms with Crippen molar-refractivity contribution in [2.75, 3.05) is 0 Å². The molecule has 0 heterocycles. The van der Waals surface area contributed by atoms with Gasteiger partial charge in [0.2, 0.25) is 0 Å². The summed E-state index contributed by atoms with van der Waals surface area (Å²) in [5.41, 5.74) is 0.252. The third-order valence-electron chi connectivity index (χ3n) is 4.95. The van der Waals surface area contributed by atoms with Crippen molar-refractivity contribution in [2.45, 2.75) is 45.3 Å². The molecule has 0 spiro atoms. The second kappa shape index (κ2) is 3.85. The fourth-order valence-corrected chi connectivity index (χ4v) is 4.66. The average Bonchev–Trinajstić information content (AvgIpc) is 2.34. The molecule has 0 saturated heterocycles. The summed E-state index contributed by atoms with van der Waals surface area (Å²) in [5.74, 6) is 0.625. The average molecular weight is 224 g/mol. The van der Waals surface area contributed by atoms with E-state index in [9.17, 15) is 8.76 Å². The van der Waals surface area contributed by atoms with Crippen molar-refractivity contribution in [1.82, 2.24) is 0 Å². The molecule has 0 aliphatic heterocycles. The van der Waals surface area contributed by atoms with Crippen LogP contribution in [-0.2, 0) is 11.1 Å². The van der Waals surface area contributed by atoms with Crippen LogP contribution in [0.3, 0.4) is 0 Å². The molecular formula is C10H17NaO2S. The summed E-state index contributed by atoms with van der Waals surface area (Å²) in [5, 5.41) is -0.0961. The minimum absolute atomic E-state index is 0. The summed E-state index contributed by atoms with van der Waals surface area (Å²) in [7, 11) is 0. The van der Waals surface area contributed by atoms with Gasteiger partial charge in [-0.05, 0) is 36.0 Å². The number of fused-ring (bicyclic) bond motifs is 2. The van der Waals surface area contributed by atoms with Gasteiger partial charge in [0, 0.05) is 5.25 Å². The Morgan fingerprint density at radius 3 is 2.14 bits per heavy atom. The van der Waals surface area contributed by atoms with E-state index >= 15 is 0 Å². The molecule has 2 saturated carbocycles. The predicted molar refractivity (Wildman–Crippen MR) is 51.9 cm³/mol. The Morgan fingerprint density at radius 1 is 1.36 bits per heavy atom. The van der Waals surface area contributed by atoms with Crippen LogP contribution in [0.4, 0.5) is 0 Å². The largest absolute Gasteiger partial charge is 1.00 e. The van der Waals surface area contributed by atoms with Crippen LogP contribution < -0.4 is 29.6 Å². The summed E-state index contributed by atoms with van der Waals surface area (Å²) >= 11 is -1.88. The topological polar surface area (TPSA) is 40.1 Å². The molecule has 2 aliphatic carbocycles. The summed E-state index contributed by atoms with van der Waals surface area (Å²) < 4.78 is 22.2. The van der Waals surface area contributed by atoms with Gasteiger partial charge in [-0.3, -0.25) is 4.21 Å². The SMILES string of the molecule is CC1(C)[C@H]2CC[C@]1(C)[C@@H](S(=O)[O-])C2.[Na+]. The van der Waals surface area contributed by atoms with Gasteiger partial charge in [-0.15, -0.1) is 0 Å². The van der Waals surface area contributed by atoms with Crippen LogP contribution in [0.5, 0.6) is 0 Å². The standard InChI is InChI=1S/C10H18O2S.Na/c1-9(2)7-4-5-10(9,3)8(6-7)13(11)12;/h7-8H,4-6H2,1-3H3,(H,11,12);/q;+1/p-1/t7-,8-,10+;/m0./s1. The van der Waals surface area contributed by atoms with E-state index in [-0.39, 0.29) is 45.6 Å². The molecule has 2 bridgehead atoms. The molecule has 0 aromatic carbocycles. The Bertz CT molecular complexity index is 267. The van der Waals surface area contributed by atoms with E-state index < -0.39 is 11.1 Å². The molecule has 0 aromatic rings. The van der Waals surface area contributed by atoms with Crippen molar-refractivity contribution in [3.8, 4) is 0 Å². The van der Waals surface area contributed by atoms with E-state index in [0.717, 1.165) is 12.8 Å². The zero-order chi connectivity index (χ0) is 9.85. The van der Waals surface area contributed by atoms with Gasteiger partial charge < -0.3 is 4.55 Å².